The van der Waals surface area contributed by atoms with Gasteiger partial charge in [-0.1, -0.05) is 24.3 Å². The summed E-state index contributed by atoms with van der Waals surface area (Å²) in [5.41, 5.74) is 1.35. The Morgan fingerprint density at radius 3 is 2.57 bits per heavy atom. The standard InChI is InChI=1S/C22H14O6/c1-11-6-7-12-14(9-18(23)26-17(12)8-11)15-10-19(24)28-21-13-4-2-3-5-16(13)27-22(25)20(15)21/h2-9,15H,10H2,1H3. The lowest BCUT2D eigenvalue weighted by Crippen LogP contribution is -2.27. The zero-order valence-corrected chi connectivity index (χ0v) is 14.9. The van der Waals surface area contributed by atoms with Crippen molar-refractivity contribution in [2.24, 2.45) is 0 Å². The molecule has 0 bridgehead atoms. The van der Waals surface area contributed by atoms with Gasteiger partial charge in [0.25, 0.3) is 0 Å². The van der Waals surface area contributed by atoms with Crippen molar-refractivity contribution in [1.82, 2.24) is 0 Å². The zero-order valence-electron chi connectivity index (χ0n) is 14.9. The normalized spacial score (nSPS) is 16.2. The second kappa shape index (κ2) is 5.92. The number of ether oxygens (including phenoxy) is 1. The lowest BCUT2D eigenvalue weighted by molar-refractivity contribution is -0.135. The Balaban J connectivity index is 1.86. The summed E-state index contributed by atoms with van der Waals surface area (Å²) in [6.07, 6.45) is -0.0669. The maximum atomic E-state index is 12.8. The van der Waals surface area contributed by atoms with Crippen LogP contribution in [0.1, 0.15) is 29.0 Å². The van der Waals surface area contributed by atoms with E-state index in [0.29, 0.717) is 27.5 Å². The molecule has 6 nitrogen and oxygen atoms in total. The molecule has 0 fully saturated rings. The van der Waals surface area contributed by atoms with E-state index in [-0.39, 0.29) is 17.7 Å². The Morgan fingerprint density at radius 2 is 1.71 bits per heavy atom. The third-order valence-corrected chi connectivity index (χ3v) is 5.04. The quantitative estimate of drug-likeness (QED) is 0.373. The van der Waals surface area contributed by atoms with E-state index in [9.17, 15) is 14.4 Å². The molecule has 3 heterocycles. The fraction of sp³-hybridized carbons (Fsp3) is 0.136. The Hall–Kier alpha value is -3.67. The highest BCUT2D eigenvalue weighted by Gasteiger charge is 2.35. The lowest BCUT2D eigenvalue weighted by Gasteiger charge is -2.25. The van der Waals surface area contributed by atoms with E-state index in [1.807, 2.05) is 19.1 Å². The summed E-state index contributed by atoms with van der Waals surface area (Å²) in [7, 11) is 0. The van der Waals surface area contributed by atoms with Crippen LogP contribution in [0.25, 0.3) is 21.9 Å². The van der Waals surface area contributed by atoms with Gasteiger partial charge in [-0.3, -0.25) is 4.79 Å². The number of aryl methyl sites for hydroxylation is 1. The number of rotatable bonds is 1. The van der Waals surface area contributed by atoms with Crippen LogP contribution < -0.4 is 16.0 Å². The van der Waals surface area contributed by atoms with Gasteiger partial charge in [-0.15, -0.1) is 0 Å². The maximum Gasteiger partial charge on any atom is 0.343 e. The first-order chi connectivity index (χ1) is 13.5. The van der Waals surface area contributed by atoms with E-state index < -0.39 is 23.1 Å². The number of carbonyl (C=O) groups excluding carboxylic acids is 1. The molecule has 1 aliphatic rings. The molecule has 0 amide bonds. The van der Waals surface area contributed by atoms with Crippen LogP contribution in [0.2, 0.25) is 0 Å². The topological polar surface area (TPSA) is 86.7 Å². The molecule has 138 valence electrons. The van der Waals surface area contributed by atoms with Gasteiger partial charge in [0.05, 0.1) is 17.4 Å². The van der Waals surface area contributed by atoms with E-state index in [2.05, 4.69) is 0 Å². The van der Waals surface area contributed by atoms with Crippen LogP contribution >= 0.6 is 0 Å². The number of hydrogen-bond acceptors (Lipinski definition) is 6. The minimum absolute atomic E-state index is 0.0669. The Morgan fingerprint density at radius 1 is 0.893 bits per heavy atom. The molecular weight excluding hydrogens is 360 g/mol. The summed E-state index contributed by atoms with van der Waals surface area (Å²) < 4.78 is 16.2. The van der Waals surface area contributed by atoms with Crippen LogP contribution in [0.15, 0.2) is 67.0 Å². The molecule has 1 aliphatic heterocycles. The molecular formula is C22H14O6. The van der Waals surface area contributed by atoms with Gasteiger partial charge in [-0.2, -0.15) is 0 Å². The summed E-state index contributed by atoms with van der Waals surface area (Å²) in [5.74, 6) is -0.935. The number of esters is 1. The van der Waals surface area contributed by atoms with Gasteiger partial charge in [-0.05, 0) is 36.2 Å². The number of benzene rings is 2. The van der Waals surface area contributed by atoms with E-state index in [4.69, 9.17) is 13.6 Å². The summed E-state index contributed by atoms with van der Waals surface area (Å²) in [4.78, 5) is 37.3. The first-order valence-electron chi connectivity index (χ1n) is 8.82. The van der Waals surface area contributed by atoms with Gasteiger partial charge in [0.15, 0.2) is 5.75 Å². The second-order valence-electron chi connectivity index (χ2n) is 6.88. The Kier molecular flexibility index (Phi) is 3.49. The molecule has 5 rings (SSSR count). The summed E-state index contributed by atoms with van der Waals surface area (Å²) in [6, 6.07) is 13.7. The molecule has 4 aromatic rings. The maximum absolute atomic E-state index is 12.8. The molecule has 28 heavy (non-hydrogen) atoms. The Labute approximate surface area is 158 Å². The third-order valence-electron chi connectivity index (χ3n) is 5.04. The second-order valence-corrected chi connectivity index (χ2v) is 6.88. The highest BCUT2D eigenvalue weighted by molar-refractivity contribution is 5.91. The van der Waals surface area contributed by atoms with Gasteiger partial charge in [0, 0.05) is 17.4 Å². The monoisotopic (exact) mass is 374 g/mol. The van der Waals surface area contributed by atoms with Gasteiger partial charge in [-0.25, -0.2) is 9.59 Å². The molecule has 0 aliphatic carbocycles. The first-order valence-corrected chi connectivity index (χ1v) is 8.82. The van der Waals surface area contributed by atoms with Gasteiger partial charge >= 0.3 is 17.2 Å². The summed E-state index contributed by atoms with van der Waals surface area (Å²) in [6.45, 7) is 1.89. The third kappa shape index (κ3) is 2.45. The molecule has 0 saturated carbocycles. The van der Waals surface area contributed by atoms with Crippen molar-refractivity contribution in [1.29, 1.82) is 0 Å². The van der Waals surface area contributed by atoms with Crippen molar-refractivity contribution in [2.45, 2.75) is 19.3 Å². The molecule has 0 radical (unpaired) electrons. The number of para-hydroxylation sites is 1. The lowest BCUT2D eigenvalue weighted by atomic mass is 9.85. The predicted octanol–water partition coefficient (Wildman–Crippen LogP) is 3.65. The fourth-order valence-corrected chi connectivity index (χ4v) is 3.82. The predicted molar refractivity (Wildman–Crippen MR) is 102 cm³/mol. The molecule has 1 atom stereocenters. The summed E-state index contributed by atoms with van der Waals surface area (Å²) >= 11 is 0. The van der Waals surface area contributed by atoms with Crippen molar-refractivity contribution >= 4 is 27.9 Å². The average molecular weight is 374 g/mol. The van der Waals surface area contributed by atoms with Crippen LogP contribution in [0.3, 0.4) is 0 Å². The largest absolute Gasteiger partial charge is 0.425 e. The Bertz CT molecular complexity index is 1390. The minimum Gasteiger partial charge on any atom is -0.425 e. The molecule has 0 N–H and O–H groups in total. The minimum atomic E-state index is -0.661. The van der Waals surface area contributed by atoms with Crippen LogP contribution in [-0.4, -0.2) is 5.97 Å². The van der Waals surface area contributed by atoms with Crippen LogP contribution in [0.5, 0.6) is 5.75 Å². The molecule has 6 heteroatoms. The van der Waals surface area contributed by atoms with Crippen LogP contribution in [0, 0.1) is 6.92 Å². The number of carbonyl (C=O) groups is 1. The average Bonchev–Trinajstić information content (AvgIpc) is 2.66. The van der Waals surface area contributed by atoms with Crippen molar-refractivity contribution in [3.63, 3.8) is 0 Å². The van der Waals surface area contributed by atoms with E-state index in [0.717, 1.165) is 5.56 Å². The van der Waals surface area contributed by atoms with Gasteiger partial charge in [0.2, 0.25) is 0 Å². The zero-order chi connectivity index (χ0) is 19.4. The van der Waals surface area contributed by atoms with E-state index in [1.165, 1.54) is 6.07 Å². The smallest absolute Gasteiger partial charge is 0.343 e. The SMILES string of the molecule is Cc1ccc2c(C3CC(=O)Oc4c3c(=O)oc3ccccc43)cc(=O)oc2c1. The van der Waals surface area contributed by atoms with Crippen molar-refractivity contribution in [3.05, 3.63) is 86.1 Å². The van der Waals surface area contributed by atoms with Crippen molar-refractivity contribution < 1.29 is 18.4 Å². The molecule has 2 aromatic carbocycles. The van der Waals surface area contributed by atoms with E-state index in [1.54, 1.807) is 30.3 Å². The van der Waals surface area contributed by atoms with Crippen molar-refractivity contribution in [2.75, 3.05) is 0 Å². The molecule has 0 spiro atoms. The highest BCUT2D eigenvalue weighted by atomic mass is 16.5. The van der Waals surface area contributed by atoms with Crippen LogP contribution in [-0.2, 0) is 4.79 Å². The van der Waals surface area contributed by atoms with Crippen molar-refractivity contribution in [3.8, 4) is 5.75 Å². The summed E-state index contributed by atoms with van der Waals surface area (Å²) in [5, 5.41) is 1.21. The highest BCUT2D eigenvalue weighted by Crippen LogP contribution is 2.42. The van der Waals surface area contributed by atoms with Crippen LogP contribution in [0.4, 0.5) is 0 Å². The van der Waals surface area contributed by atoms with Gasteiger partial charge in [0.1, 0.15) is 11.2 Å². The molecule has 0 saturated heterocycles. The fourth-order valence-electron chi connectivity index (χ4n) is 3.82. The van der Waals surface area contributed by atoms with E-state index >= 15 is 0 Å². The number of fused-ring (bicyclic) bond motifs is 4. The molecule has 2 aromatic heterocycles. The molecule has 1 unspecified atom stereocenters. The van der Waals surface area contributed by atoms with Gasteiger partial charge < -0.3 is 13.6 Å². The number of hydrogen-bond donors (Lipinski definition) is 0. The first kappa shape index (κ1) is 16.5.